The van der Waals surface area contributed by atoms with Crippen LogP contribution in [0.3, 0.4) is 0 Å². The van der Waals surface area contributed by atoms with Gasteiger partial charge in [-0.25, -0.2) is 0 Å². The molecule has 1 aromatic carbocycles. The highest BCUT2D eigenvalue weighted by atomic mass is 16.3. The first-order valence-electron chi connectivity index (χ1n) is 11.3. The van der Waals surface area contributed by atoms with Gasteiger partial charge in [-0.1, -0.05) is 6.07 Å². The molecular formula is C24H33N3O2. The Morgan fingerprint density at radius 2 is 1.83 bits per heavy atom. The van der Waals surface area contributed by atoms with Crippen LogP contribution >= 0.6 is 0 Å². The largest absolute Gasteiger partial charge is 0.393 e. The number of carbonyl (C=O) groups excluding carboxylic acids is 1. The minimum Gasteiger partial charge on any atom is -0.393 e. The molecule has 3 aliphatic rings. The number of carbonyl (C=O) groups is 1. The van der Waals surface area contributed by atoms with Crippen molar-refractivity contribution in [2.45, 2.75) is 75.6 Å². The lowest BCUT2D eigenvalue weighted by molar-refractivity contribution is -0.152. The van der Waals surface area contributed by atoms with E-state index in [0.29, 0.717) is 11.9 Å². The van der Waals surface area contributed by atoms with Crippen molar-refractivity contribution in [2.75, 3.05) is 13.1 Å². The van der Waals surface area contributed by atoms with Gasteiger partial charge in [-0.3, -0.25) is 9.69 Å². The number of aliphatic hydroxyl groups excluding tert-OH is 1. The Morgan fingerprint density at radius 1 is 1.07 bits per heavy atom. The second-order valence-electron chi connectivity index (χ2n) is 9.44. The zero-order valence-corrected chi connectivity index (χ0v) is 17.5. The van der Waals surface area contributed by atoms with Crippen LogP contribution < -0.4 is 0 Å². The number of hydrogen-bond acceptors (Lipinski definition) is 3. The molecule has 29 heavy (non-hydrogen) atoms. The molecule has 5 heteroatoms. The molecule has 3 heterocycles. The van der Waals surface area contributed by atoms with Crippen molar-refractivity contribution in [1.82, 2.24) is 14.4 Å². The minimum atomic E-state index is -0.306. The topological polar surface area (TPSA) is 48.7 Å². The van der Waals surface area contributed by atoms with E-state index >= 15 is 0 Å². The molecular weight excluding hydrogens is 362 g/mol. The fourth-order valence-electron chi connectivity index (χ4n) is 6.08. The molecule has 156 valence electrons. The fourth-order valence-corrected chi connectivity index (χ4v) is 6.08. The van der Waals surface area contributed by atoms with E-state index in [0.717, 1.165) is 71.0 Å². The summed E-state index contributed by atoms with van der Waals surface area (Å²) in [5.74, 6) is 0.364. The predicted octanol–water partition coefficient (Wildman–Crippen LogP) is 3.44. The van der Waals surface area contributed by atoms with Gasteiger partial charge in [-0.15, -0.1) is 0 Å². The van der Waals surface area contributed by atoms with Crippen LogP contribution in [0.2, 0.25) is 0 Å². The Kier molecular flexibility index (Phi) is 4.91. The average Bonchev–Trinajstić information content (AvgIpc) is 3.29. The molecule has 1 spiro atoms. The molecule has 2 aromatic rings. The highest BCUT2D eigenvalue weighted by molar-refractivity contribution is 5.88. The van der Waals surface area contributed by atoms with Gasteiger partial charge in [0.2, 0.25) is 5.91 Å². The summed E-state index contributed by atoms with van der Waals surface area (Å²) in [6, 6.07) is 9.21. The van der Waals surface area contributed by atoms with E-state index in [-0.39, 0.29) is 11.6 Å². The lowest BCUT2D eigenvalue weighted by atomic mass is 9.82. The fraction of sp³-hybridized carbons (Fsp3) is 0.625. The summed E-state index contributed by atoms with van der Waals surface area (Å²) in [6.07, 6.45) is 9.70. The van der Waals surface area contributed by atoms with Gasteiger partial charge in [0, 0.05) is 37.9 Å². The number of fused-ring (bicyclic) bond motifs is 1. The molecule has 1 atom stereocenters. The van der Waals surface area contributed by atoms with Crippen molar-refractivity contribution in [2.24, 2.45) is 7.05 Å². The second-order valence-corrected chi connectivity index (χ2v) is 9.44. The molecule has 2 aliphatic heterocycles. The maximum absolute atomic E-state index is 13.8. The van der Waals surface area contributed by atoms with E-state index in [1.165, 1.54) is 16.5 Å². The van der Waals surface area contributed by atoms with Crippen molar-refractivity contribution in [3.63, 3.8) is 0 Å². The SMILES string of the molecule is Cn1ccc2cc(CN3CCCC34CCCN(C3CCC(O)CC3)C4=O)ccc21. The van der Waals surface area contributed by atoms with E-state index in [1.807, 2.05) is 0 Å². The lowest BCUT2D eigenvalue weighted by Gasteiger charge is -2.48. The zero-order valence-electron chi connectivity index (χ0n) is 17.5. The van der Waals surface area contributed by atoms with Gasteiger partial charge in [-0.2, -0.15) is 0 Å². The molecule has 1 aromatic heterocycles. The van der Waals surface area contributed by atoms with Gasteiger partial charge in [0.05, 0.1) is 6.10 Å². The maximum Gasteiger partial charge on any atom is 0.243 e. The molecule has 0 radical (unpaired) electrons. The highest BCUT2D eigenvalue weighted by Crippen LogP contribution is 2.41. The van der Waals surface area contributed by atoms with Gasteiger partial charge >= 0.3 is 0 Å². The Hall–Kier alpha value is -1.85. The first-order valence-corrected chi connectivity index (χ1v) is 11.3. The molecule has 1 amide bonds. The summed E-state index contributed by atoms with van der Waals surface area (Å²) in [5.41, 5.74) is 2.25. The van der Waals surface area contributed by atoms with Crippen LogP contribution in [-0.4, -0.2) is 56.2 Å². The van der Waals surface area contributed by atoms with Gasteiger partial charge in [0.15, 0.2) is 0 Å². The van der Waals surface area contributed by atoms with Crippen LogP contribution in [0.4, 0.5) is 0 Å². The molecule has 5 rings (SSSR count). The van der Waals surface area contributed by atoms with E-state index in [2.05, 4.69) is 51.9 Å². The smallest absolute Gasteiger partial charge is 0.243 e. The molecule has 2 saturated heterocycles. The van der Waals surface area contributed by atoms with E-state index in [9.17, 15) is 9.90 Å². The first kappa shape index (κ1) is 19.1. The number of aromatic nitrogens is 1. The summed E-state index contributed by atoms with van der Waals surface area (Å²) in [5, 5.41) is 11.1. The van der Waals surface area contributed by atoms with Crippen LogP contribution in [0, 0.1) is 0 Å². The molecule has 1 saturated carbocycles. The molecule has 1 N–H and O–H groups in total. The number of hydrogen-bond donors (Lipinski definition) is 1. The van der Waals surface area contributed by atoms with Crippen molar-refractivity contribution in [3.05, 3.63) is 36.0 Å². The monoisotopic (exact) mass is 395 g/mol. The highest BCUT2D eigenvalue weighted by Gasteiger charge is 2.51. The van der Waals surface area contributed by atoms with Crippen molar-refractivity contribution in [1.29, 1.82) is 0 Å². The number of aryl methyl sites for hydroxylation is 1. The van der Waals surface area contributed by atoms with Crippen LogP contribution in [-0.2, 0) is 18.4 Å². The minimum absolute atomic E-state index is 0.170. The normalized spacial score (nSPS) is 31.2. The quantitative estimate of drug-likeness (QED) is 0.866. The average molecular weight is 396 g/mol. The van der Waals surface area contributed by atoms with Crippen LogP contribution in [0.5, 0.6) is 0 Å². The summed E-state index contributed by atoms with van der Waals surface area (Å²) >= 11 is 0. The summed E-state index contributed by atoms with van der Waals surface area (Å²) in [6.45, 7) is 2.76. The predicted molar refractivity (Wildman–Crippen MR) is 115 cm³/mol. The number of likely N-dealkylation sites (tertiary alicyclic amines) is 2. The van der Waals surface area contributed by atoms with Crippen molar-refractivity contribution in [3.8, 4) is 0 Å². The molecule has 1 unspecified atom stereocenters. The van der Waals surface area contributed by atoms with Crippen LogP contribution in [0.1, 0.15) is 56.9 Å². The summed E-state index contributed by atoms with van der Waals surface area (Å²) < 4.78 is 2.15. The number of aliphatic hydroxyl groups is 1. The van der Waals surface area contributed by atoms with Gasteiger partial charge < -0.3 is 14.6 Å². The van der Waals surface area contributed by atoms with E-state index < -0.39 is 0 Å². The Labute approximate surface area is 173 Å². The van der Waals surface area contributed by atoms with E-state index in [1.54, 1.807) is 0 Å². The summed E-state index contributed by atoms with van der Waals surface area (Å²) in [7, 11) is 2.08. The Morgan fingerprint density at radius 3 is 2.62 bits per heavy atom. The third-order valence-corrected chi connectivity index (χ3v) is 7.70. The maximum atomic E-state index is 13.8. The van der Waals surface area contributed by atoms with Crippen LogP contribution in [0.15, 0.2) is 30.5 Å². The molecule has 1 aliphatic carbocycles. The van der Waals surface area contributed by atoms with Crippen molar-refractivity contribution < 1.29 is 9.90 Å². The number of rotatable bonds is 3. The van der Waals surface area contributed by atoms with Crippen LogP contribution in [0.25, 0.3) is 10.9 Å². The summed E-state index contributed by atoms with van der Waals surface area (Å²) in [4.78, 5) is 18.4. The Balaban J connectivity index is 1.37. The third kappa shape index (κ3) is 3.28. The van der Waals surface area contributed by atoms with Gasteiger partial charge in [0.1, 0.15) is 5.54 Å². The van der Waals surface area contributed by atoms with Gasteiger partial charge in [0.25, 0.3) is 0 Å². The number of benzene rings is 1. The number of amides is 1. The lowest BCUT2D eigenvalue weighted by Crippen LogP contribution is -2.62. The molecule has 5 nitrogen and oxygen atoms in total. The molecule has 0 bridgehead atoms. The Bertz CT molecular complexity index is 899. The third-order valence-electron chi connectivity index (χ3n) is 7.70. The second kappa shape index (κ2) is 7.44. The number of piperidine rings is 1. The number of nitrogens with zero attached hydrogens (tertiary/aromatic N) is 3. The standard InChI is InChI=1S/C24H33N3O2/c1-25-15-10-19-16-18(4-9-22(19)25)17-26-13-2-11-24(26)12-3-14-27(23(24)29)20-5-7-21(28)8-6-20/h4,9-10,15-16,20-21,28H,2-3,5-8,11-14,17H2,1H3. The van der Waals surface area contributed by atoms with Gasteiger partial charge in [-0.05, 0) is 87.1 Å². The zero-order chi connectivity index (χ0) is 20.0. The first-order chi connectivity index (χ1) is 14.1. The van der Waals surface area contributed by atoms with E-state index in [4.69, 9.17) is 0 Å². The molecule has 3 fully saturated rings. The van der Waals surface area contributed by atoms with Crippen molar-refractivity contribution >= 4 is 16.8 Å².